The van der Waals surface area contributed by atoms with E-state index in [9.17, 15) is 9.18 Å². The summed E-state index contributed by atoms with van der Waals surface area (Å²) >= 11 is 1.74. The van der Waals surface area contributed by atoms with Crippen molar-refractivity contribution in [3.05, 3.63) is 52.0 Å². The number of rotatable bonds is 9. The van der Waals surface area contributed by atoms with Crippen molar-refractivity contribution in [2.45, 2.75) is 38.6 Å². The van der Waals surface area contributed by atoms with Crippen molar-refractivity contribution in [1.82, 2.24) is 10.2 Å². The van der Waals surface area contributed by atoms with Crippen molar-refractivity contribution in [2.24, 2.45) is 5.92 Å². The molecule has 0 saturated carbocycles. The van der Waals surface area contributed by atoms with E-state index in [-0.39, 0.29) is 11.7 Å². The number of ether oxygens (including phenoxy) is 1. The molecule has 1 aliphatic heterocycles. The average molecular weight is 405 g/mol. The first-order valence-electron chi connectivity index (χ1n) is 9.98. The van der Waals surface area contributed by atoms with Gasteiger partial charge in [0, 0.05) is 36.5 Å². The van der Waals surface area contributed by atoms with Gasteiger partial charge in [0.2, 0.25) is 5.91 Å². The number of thiophene rings is 1. The lowest BCUT2D eigenvalue weighted by atomic mass is 9.97. The Morgan fingerprint density at radius 2 is 2.29 bits per heavy atom. The fourth-order valence-corrected chi connectivity index (χ4v) is 4.48. The third kappa shape index (κ3) is 6.31. The lowest BCUT2D eigenvalue weighted by Crippen LogP contribution is -2.40. The number of nitrogens with zero attached hydrogens (tertiary/aromatic N) is 1. The Morgan fingerprint density at radius 1 is 1.39 bits per heavy atom. The number of likely N-dealkylation sites (tertiary alicyclic amines) is 1. The average Bonchev–Trinajstić information content (AvgIpc) is 3.22. The monoisotopic (exact) mass is 404 g/mol. The summed E-state index contributed by atoms with van der Waals surface area (Å²) < 4.78 is 19.3. The predicted molar refractivity (Wildman–Crippen MR) is 111 cm³/mol. The van der Waals surface area contributed by atoms with Gasteiger partial charge in [-0.25, -0.2) is 4.39 Å². The van der Waals surface area contributed by atoms with Gasteiger partial charge < -0.3 is 10.1 Å². The molecule has 1 unspecified atom stereocenters. The summed E-state index contributed by atoms with van der Waals surface area (Å²) in [6.07, 6.45) is 4.60. The van der Waals surface area contributed by atoms with Gasteiger partial charge in [-0.05, 0) is 67.8 Å². The topological polar surface area (TPSA) is 41.6 Å². The molecule has 1 N–H and O–H groups in total. The molecule has 1 saturated heterocycles. The number of carbonyl (C=O) groups excluding carboxylic acids is 1. The fraction of sp³-hybridized carbons (Fsp3) is 0.500. The van der Waals surface area contributed by atoms with Crippen LogP contribution < -0.4 is 10.1 Å². The highest BCUT2D eigenvalue weighted by atomic mass is 32.1. The van der Waals surface area contributed by atoms with Crippen LogP contribution in [0.4, 0.5) is 4.39 Å². The molecule has 1 aliphatic rings. The van der Waals surface area contributed by atoms with Crippen LogP contribution in [0.15, 0.2) is 35.7 Å². The minimum atomic E-state index is -0.193. The quantitative estimate of drug-likeness (QED) is 0.679. The number of halogens is 1. The SMILES string of the molecule is COc1ccc(F)c(CN2CCCC(CNC(=O)CCCc3cccs3)C2)c1. The predicted octanol–water partition coefficient (Wildman–Crippen LogP) is 4.25. The number of hydrogen-bond acceptors (Lipinski definition) is 4. The molecule has 0 aliphatic carbocycles. The molecule has 2 aromatic rings. The molecule has 0 radical (unpaired) electrons. The number of nitrogens with one attached hydrogen (secondary N) is 1. The van der Waals surface area contributed by atoms with Crippen molar-refractivity contribution in [3.63, 3.8) is 0 Å². The maximum absolute atomic E-state index is 14.1. The lowest BCUT2D eigenvalue weighted by molar-refractivity contribution is -0.121. The fourth-order valence-electron chi connectivity index (χ4n) is 3.73. The Labute approximate surface area is 170 Å². The smallest absolute Gasteiger partial charge is 0.220 e. The van der Waals surface area contributed by atoms with Crippen molar-refractivity contribution in [3.8, 4) is 5.75 Å². The number of methoxy groups -OCH3 is 1. The molecule has 152 valence electrons. The maximum Gasteiger partial charge on any atom is 0.220 e. The van der Waals surface area contributed by atoms with E-state index in [0.717, 1.165) is 38.8 Å². The molecule has 1 amide bonds. The first-order chi connectivity index (χ1) is 13.6. The molecule has 0 spiro atoms. The minimum absolute atomic E-state index is 0.132. The van der Waals surface area contributed by atoms with E-state index in [1.807, 2.05) is 6.07 Å². The first-order valence-corrected chi connectivity index (χ1v) is 10.9. The highest BCUT2D eigenvalue weighted by Crippen LogP contribution is 2.22. The number of piperidine rings is 1. The van der Waals surface area contributed by atoms with Gasteiger partial charge in [0.1, 0.15) is 11.6 Å². The van der Waals surface area contributed by atoms with Crippen LogP contribution in [-0.2, 0) is 17.8 Å². The Balaban J connectivity index is 1.40. The van der Waals surface area contributed by atoms with Gasteiger partial charge in [0.25, 0.3) is 0 Å². The molecule has 28 heavy (non-hydrogen) atoms. The van der Waals surface area contributed by atoms with Crippen LogP contribution in [0, 0.1) is 11.7 Å². The summed E-state index contributed by atoms with van der Waals surface area (Å²) in [4.78, 5) is 15.7. The highest BCUT2D eigenvalue weighted by molar-refractivity contribution is 7.09. The molecule has 6 heteroatoms. The summed E-state index contributed by atoms with van der Waals surface area (Å²) in [6, 6.07) is 9.04. The standard InChI is InChI=1S/C22H29FN2O2S/c1-27-19-9-10-21(23)18(13-19)16-25-11-3-5-17(15-25)14-24-22(26)8-2-6-20-7-4-12-28-20/h4,7,9-10,12-13,17H,2-3,5-6,8,11,14-16H2,1H3,(H,24,26). The van der Waals surface area contributed by atoms with Gasteiger partial charge in [-0.2, -0.15) is 0 Å². The number of carbonyl (C=O) groups is 1. The molecule has 1 aromatic carbocycles. The normalized spacial score (nSPS) is 17.4. The summed E-state index contributed by atoms with van der Waals surface area (Å²) in [7, 11) is 1.59. The summed E-state index contributed by atoms with van der Waals surface area (Å²) in [6.45, 7) is 3.12. The van der Waals surface area contributed by atoms with Gasteiger partial charge in [-0.15, -0.1) is 11.3 Å². The summed E-state index contributed by atoms with van der Waals surface area (Å²) in [5.41, 5.74) is 0.664. The first kappa shape index (κ1) is 20.8. The van der Waals surface area contributed by atoms with Crippen molar-refractivity contribution >= 4 is 17.2 Å². The van der Waals surface area contributed by atoms with Crippen LogP contribution in [0.25, 0.3) is 0 Å². The molecule has 3 rings (SSSR count). The molecule has 0 bridgehead atoms. The van der Waals surface area contributed by atoms with Crippen LogP contribution in [0.5, 0.6) is 5.75 Å². The Kier molecular flexibility index (Phi) is 7.86. The van der Waals surface area contributed by atoms with Crippen LogP contribution in [-0.4, -0.2) is 37.6 Å². The van der Waals surface area contributed by atoms with E-state index >= 15 is 0 Å². The molecule has 1 fully saturated rings. The molecule has 1 aromatic heterocycles. The highest BCUT2D eigenvalue weighted by Gasteiger charge is 2.21. The minimum Gasteiger partial charge on any atom is -0.497 e. The zero-order chi connectivity index (χ0) is 19.8. The molecular formula is C22H29FN2O2S. The van der Waals surface area contributed by atoms with Crippen LogP contribution in [0.2, 0.25) is 0 Å². The number of aryl methyl sites for hydroxylation is 1. The Bertz CT molecular complexity index is 751. The van der Waals surface area contributed by atoms with Gasteiger partial charge in [0.05, 0.1) is 7.11 Å². The van der Waals surface area contributed by atoms with Gasteiger partial charge in [-0.1, -0.05) is 6.07 Å². The zero-order valence-corrected chi connectivity index (χ0v) is 17.3. The van der Waals surface area contributed by atoms with Crippen LogP contribution >= 0.6 is 11.3 Å². The number of benzene rings is 1. The second-order valence-corrected chi connectivity index (χ2v) is 8.47. The van der Waals surface area contributed by atoms with Gasteiger partial charge >= 0.3 is 0 Å². The molecule has 4 nitrogen and oxygen atoms in total. The van der Waals surface area contributed by atoms with Crippen molar-refractivity contribution in [1.29, 1.82) is 0 Å². The number of hydrogen-bond donors (Lipinski definition) is 1. The second kappa shape index (κ2) is 10.6. The zero-order valence-electron chi connectivity index (χ0n) is 16.5. The second-order valence-electron chi connectivity index (χ2n) is 7.44. The molecule has 1 atom stereocenters. The van der Waals surface area contributed by atoms with E-state index < -0.39 is 0 Å². The van der Waals surface area contributed by atoms with Crippen LogP contribution in [0.1, 0.15) is 36.1 Å². The van der Waals surface area contributed by atoms with Gasteiger partial charge in [0.15, 0.2) is 0 Å². The maximum atomic E-state index is 14.1. The summed E-state index contributed by atoms with van der Waals surface area (Å²) in [5, 5.41) is 5.16. The Morgan fingerprint density at radius 3 is 3.07 bits per heavy atom. The Hall–Kier alpha value is -1.92. The number of amides is 1. The summed E-state index contributed by atoms with van der Waals surface area (Å²) in [5.74, 6) is 1.04. The van der Waals surface area contributed by atoms with E-state index in [2.05, 4.69) is 21.7 Å². The van der Waals surface area contributed by atoms with Crippen molar-refractivity contribution in [2.75, 3.05) is 26.7 Å². The molecule has 2 heterocycles. The lowest BCUT2D eigenvalue weighted by Gasteiger charge is -2.33. The largest absolute Gasteiger partial charge is 0.497 e. The van der Waals surface area contributed by atoms with E-state index in [1.165, 1.54) is 10.9 Å². The van der Waals surface area contributed by atoms with Crippen molar-refractivity contribution < 1.29 is 13.9 Å². The molecular weight excluding hydrogens is 375 g/mol. The van der Waals surface area contributed by atoms with Crippen LogP contribution in [0.3, 0.4) is 0 Å². The van der Waals surface area contributed by atoms with E-state index in [0.29, 0.717) is 36.7 Å². The third-order valence-corrected chi connectivity index (χ3v) is 6.18. The van der Waals surface area contributed by atoms with E-state index in [1.54, 1.807) is 30.6 Å². The van der Waals surface area contributed by atoms with E-state index in [4.69, 9.17) is 4.74 Å². The third-order valence-electron chi connectivity index (χ3n) is 5.24. The van der Waals surface area contributed by atoms with Gasteiger partial charge in [-0.3, -0.25) is 9.69 Å².